The Hall–Kier alpha value is -1.23. The van der Waals surface area contributed by atoms with Gasteiger partial charge < -0.3 is 15.3 Å². The summed E-state index contributed by atoms with van der Waals surface area (Å²) < 4.78 is 0. The first-order valence-electron chi connectivity index (χ1n) is 3.41. The molecule has 0 bridgehead atoms. The van der Waals surface area contributed by atoms with E-state index in [0.29, 0.717) is 5.56 Å². The van der Waals surface area contributed by atoms with Gasteiger partial charge >= 0.3 is 5.97 Å². The maximum absolute atomic E-state index is 10.5. The average molecular weight is 247 g/mol. The van der Waals surface area contributed by atoms with E-state index in [1.807, 2.05) is 0 Å². The van der Waals surface area contributed by atoms with Crippen LogP contribution in [0.15, 0.2) is 18.2 Å². The maximum Gasteiger partial charge on any atom is 0.321 e. The van der Waals surface area contributed by atoms with Gasteiger partial charge in [-0.15, -0.1) is 0 Å². The molecule has 70 valence electrons. The first-order chi connectivity index (χ1) is 6.02. The molecule has 1 aromatic rings. The summed E-state index contributed by atoms with van der Waals surface area (Å²) in [5, 5.41) is 26.6. The van der Waals surface area contributed by atoms with Crippen LogP contribution in [0.2, 0.25) is 0 Å². The number of rotatable bonds is 2. The molecule has 1 unspecified atom stereocenters. The number of phenols is 2. The van der Waals surface area contributed by atoms with Crippen molar-refractivity contribution in [2.75, 3.05) is 0 Å². The Labute approximate surface area is 82.6 Å². The van der Waals surface area contributed by atoms with Gasteiger partial charge in [0.05, 0.1) is 0 Å². The fourth-order valence-corrected chi connectivity index (χ4v) is 1.13. The van der Waals surface area contributed by atoms with E-state index in [0.717, 1.165) is 0 Å². The lowest BCUT2D eigenvalue weighted by atomic mass is 10.1. The molecule has 5 heteroatoms. The van der Waals surface area contributed by atoms with Crippen LogP contribution in [0, 0.1) is 0 Å². The van der Waals surface area contributed by atoms with Gasteiger partial charge in [-0.1, -0.05) is 22.0 Å². The number of hydrogen-bond acceptors (Lipinski definition) is 3. The van der Waals surface area contributed by atoms with E-state index in [-0.39, 0.29) is 11.5 Å². The van der Waals surface area contributed by atoms with Gasteiger partial charge in [-0.05, 0) is 17.7 Å². The Balaban J connectivity index is 3.03. The van der Waals surface area contributed by atoms with Crippen molar-refractivity contribution in [3.8, 4) is 11.5 Å². The summed E-state index contributed by atoms with van der Waals surface area (Å²) in [7, 11) is 0. The first kappa shape index (κ1) is 9.85. The first-order valence-corrected chi connectivity index (χ1v) is 4.32. The molecule has 0 amide bonds. The number of carboxylic acids is 1. The minimum atomic E-state index is -1.05. The molecule has 13 heavy (non-hydrogen) atoms. The van der Waals surface area contributed by atoms with Crippen molar-refractivity contribution in [2.45, 2.75) is 4.83 Å². The number of halogens is 1. The number of hydrogen-bond donors (Lipinski definition) is 3. The van der Waals surface area contributed by atoms with Crippen molar-refractivity contribution in [2.24, 2.45) is 0 Å². The van der Waals surface area contributed by atoms with E-state index in [4.69, 9.17) is 15.3 Å². The van der Waals surface area contributed by atoms with E-state index >= 15 is 0 Å². The van der Waals surface area contributed by atoms with Crippen LogP contribution in [0.25, 0.3) is 0 Å². The van der Waals surface area contributed by atoms with E-state index < -0.39 is 10.8 Å². The number of carbonyl (C=O) groups is 1. The minimum absolute atomic E-state index is 0.270. The summed E-state index contributed by atoms with van der Waals surface area (Å²) >= 11 is 2.92. The average Bonchev–Trinajstić information content (AvgIpc) is 2.08. The van der Waals surface area contributed by atoms with Crippen LogP contribution in [-0.4, -0.2) is 21.3 Å². The summed E-state index contributed by atoms with van der Waals surface area (Å²) in [6, 6.07) is 3.85. The van der Waals surface area contributed by atoms with Crippen LogP contribution in [0.1, 0.15) is 10.4 Å². The predicted octanol–water partition coefficient (Wildman–Crippen LogP) is 1.62. The molecule has 1 atom stereocenters. The highest BCUT2D eigenvalue weighted by Crippen LogP contribution is 2.31. The van der Waals surface area contributed by atoms with E-state index in [1.165, 1.54) is 18.2 Å². The van der Waals surface area contributed by atoms with Crippen molar-refractivity contribution in [3.63, 3.8) is 0 Å². The number of alkyl halides is 1. The second-order valence-corrected chi connectivity index (χ2v) is 3.36. The van der Waals surface area contributed by atoms with Crippen LogP contribution in [-0.2, 0) is 4.79 Å². The SMILES string of the molecule is O=C(O)C(Br)c1ccc(O)c(O)c1. The summed E-state index contributed by atoms with van der Waals surface area (Å²) in [5.41, 5.74) is 0.378. The molecule has 0 saturated heterocycles. The smallest absolute Gasteiger partial charge is 0.321 e. The van der Waals surface area contributed by atoms with Crippen molar-refractivity contribution in [1.82, 2.24) is 0 Å². The Morgan fingerprint density at radius 3 is 2.38 bits per heavy atom. The highest BCUT2D eigenvalue weighted by molar-refractivity contribution is 9.09. The van der Waals surface area contributed by atoms with Gasteiger partial charge in [-0.2, -0.15) is 0 Å². The molecule has 0 heterocycles. The Bertz CT molecular complexity index is 337. The summed E-state index contributed by atoms with van der Waals surface area (Å²) in [4.78, 5) is 9.63. The van der Waals surface area contributed by atoms with E-state index in [2.05, 4.69) is 15.9 Å². The zero-order valence-electron chi connectivity index (χ0n) is 6.44. The fourth-order valence-electron chi connectivity index (χ4n) is 0.841. The van der Waals surface area contributed by atoms with Gasteiger partial charge in [0.1, 0.15) is 4.83 Å². The van der Waals surface area contributed by atoms with Crippen LogP contribution < -0.4 is 0 Å². The van der Waals surface area contributed by atoms with Gasteiger partial charge in [-0.25, -0.2) is 0 Å². The second kappa shape index (κ2) is 3.66. The molecule has 4 nitrogen and oxygen atoms in total. The fraction of sp³-hybridized carbons (Fsp3) is 0.125. The zero-order valence-corrected chi connectivity index (χ0v) is 8.02. The molecule has 0 saturated carbocycles. The lowest BCUT2D eigenvalue weighted by molar-refractivity contribution is -0.136. The van der Waals surface area contributed by atoms with Crippen LogP contribution in [0.5, 0.6) is 11.5 Å². The van der Waals surface area contributed by atoms with Gasteiger partial charge in [0.2, 0.25) is 0 Å². The molecule has 0 aromatic heterocycles. The summed E-state index contributed by atoms with van der Waals surface area (Å²) in [6.45, 7) is 0. The van der Waals surface area contributed by atoms with Crippen LogP contribution >= 0.6 is 15.9 Å². The summed E-state index contributed by atoms with van der Waals surface area (Å²) in [5.74, 6) is -1.65. The highest BCUT2D eigenvalue weighted by atomic mass is 79.9. The van der Waals surface area contributed by atoms with Gasteiger partial charge in [-0.3, -0.25) is 4.79 Å². The Morgan fingerprint density at radius 1 is 1.31 bits per heavy atom. The lowest BCUT2D eigenvalue weighted by Gasteiger charge is -2.05. The van der Waals surface area contributed by atoms with E-state index in [1.54, 1.807) is 0 Å². The normalized spacial score (nSPS) is 12.4. The third kappa shape index (κ3) is 2.12. The maximum atomic E-state index is 10.5. The molecule has 3 N–H and O–H groups in total. The molecular formula is C8H7BrO4. The molecule has 0 aliphatic carbocycles. The van der Waals surface area contributed by atoms with Crippen LogP contribution in [0.4, 0.5) is 0 Å². The number of carboxylic acid groups (broad SMARTS) is 1. The lowest BCUT2D eigenvalue weighted by Crippen LogP contribution is -2.03. The third-order valence-electron chi connectivity index (χ3n) is 1.51. The van der Waals surface area contributed by atoms with Gasteiger partial charge in [0.25, 0.3) is 0 Å². The van der Waals surface area contributed by atoms with E-state index in [9.17, 15) is 4.79 Å². The number of aliphatic carboxylic acids is 1. The largest absolute Gasteiger partial charge is 0.504 e. The van der Waals surface area contributed by atoms with Crippen molar-refractivity contribution in [3.05, 3.63) is 23.8 Å². The van der Waals surface area contributed by atoms with Gasteiger partial charge in [0, 0.05) is 0 Å². The highest BCUT2D eigenvalue weighted by Gasteiger charge is 2.16. The predicted molar refractivity (Wildman–Crippen MR) is 49.1 cm³/mol. The summed E-state index contributed by atoms with van der Waals surface area (Å²) in [6.07, 6.45) is 0. The molecular weight excluding hydrogens is 240 g/mol. The number of aromatic hydroxyl groups is 2. The van der Waals surface area contributed by atoms with Crippen molar-refractivity contribution < 1.29 is 20.1 Å². The monoisotopic (exact) mass is 246 g/mol. The third-order valence-corrected chi connectivity index (χ3v) is 2.43. The molecule has 1 aromatic carbocycles. The Kier molecular flexibility index (Phi) is 2.77. The zero-order chi connectivity index (χ0) is 10.0. The standard InChI is InChI=1S/C8H7BrO4/c9-7(8(12)13)4-1-2-5(10)6(11)3-4/h1-3,7,10-11H,(H,12,13). The topological polar surface area (TPSA) is 77.8 Å². The quantitative estimate of drug-likeness (QED) is 0.548. The number of benzene rings is 1. The molecule has 0 fully saturated rings. The molecule has 1 rings (SSSR count). The van der Waals surface area contributed by atoms with Crippen molar-refractivity contribution in [1.29, 1.82) is 0 Å². The minimum Gasteiger partial charge on any atom is -0.504 e. The van der Waals surface area contributed by atoms with Gasteiger partial charge in [0.15, 0.2) is 11.5 Å². The molecule has 0 aliphatic heterocycles. The Morgan fingerprint density at radius 2 is 1.92 bits per heavy atom. The molecule has 0 radical (unpaired) electrons. The number of phenolic OH excluding ortho intramolecular Hbond substituents is 2. The van der Waals surface area contributed by atoms with Crippen molar-refractivity contribution >= 4 is 21.9 Å². The molecule has 0 spiro atoms. The van der Waals surface area contributed by atoms with Crippen LogP contribution in [0.3, 0.4) is 0 Å². The molecule has 0 aliphatic rings. The second-order valence-electron chi connectivity index (χ2n) is 2.45.